The summed E-state index contributed by atoms with van der Waals surface area (Å²) in [5, 5.41) is 0.579. The molecule has 88 valence electrons. The van der Waals surface area contributed by atoms with Crippen LogP contribution >= 0.6 is 11.8 Å². The van der Waals surface area contributed by atoms with Crippen LogP contribution in [0.1, 0.15) is 26.2 Å². The number of carbonyl (C=O) groups excluding carboxylic acids is 1. The van der Waals surface area contributed by atoms with Crippen LogP contribution in [0.5, 0.6) is 0 Å². The number of unbranched alkanes of at least 4 members (excludes halogenated alkanes) is 1. The van der Waals surface area contributed by atoms with Gasteiger partial charge in [0, 0.05) is 12.4 Å². The Morgan fingerprint density at radius 3 is 2.94 bits per heavy atom. The predicted octanol–water partition coefficient (Wildman–Crippen LogP) is 2.30. The van der Waals surface area contributed by atoms with Crippen molar-refractivity contribution in [2.75, 3.05) is 7.11 Å². The molecular weight excluding hydrogens is 224 g/mol. The first-order chi connectivity index (χ1) is 7.77. The van der Waals surface area contributed by atoms with Gasteiger partial charge in [0.25, 0.3) is 0 Å². The Kier molecular flexibility index (Phi) is 5.85. The fraction of sp³-hybridized carbons (Fsp3) is 0.545. The average molecular weight is 240 g/mol. The second kappa shape index (κ2) is 7.22. The second-order valence-electron chi connectivity index (χ2n) is 3.32. The highest BCUT2D eigenvalue weighted by Crippen LogP contribution is 2.25. The molecule has 0 N–H and O–H groups in total. The van der Waals surface area contributed by atoms with Crippen LogP contribution in [-0.4, -0.2) is 28.3 Å². The van der Waals surface area contributed by atoms with Gasteiger partial charge in [-0.2, -0.15) is 0 Å². The van der Waals surface area contributed by atoms with Crippen molar-refractivity contribution in [1.82, 2.24) is 9.97 Å². The third-order valence-electron chi connectivity index (χ3n) is 2.09. The molecule has 16 heavy (non-hydrogen) atoms. The van der Waals surface area contributed by atoms with E-state index in [9.17, 15) is 4.79 Å². The van der Waals surface area contributed by atoms with E-state index in [1.54, 1.807) is 18.6 Å². The summed E-state index contributed by atoms with van der Waals surface area (Å²) in [4.78, 5) is 19.6. The summed E-state index contributed by atoms with van der Waals surface area (Å²) in [6.45, 7) is 2.10. The molecule has 0 radical (unpaired) electrons. The number of hydrogen-bond acceptors (Lipinski definition) is 5. The zero-order valence-electron chi connectivity index (χ0n) is 9.55. The van der Waals surface area contributed by atoms with Crippen LogP contribution in [0, 0.1) is 0 Å². The van der Waals surface area contributed by atoms with E-state index in [0.717, 1.165) is 24.3 Å². The van der Waals surface area contributed by atoms with Crippen molar-refractivity contribution >= 4 is 17.7 Å². The number of carbonyl (C=O) groups is 1. The van der Waals surface area contributed by atoms with Crippen molar-refractivity contribution in [3.05, 3.63) is 18.6 Å². The Morgan fingerprint density at radius 2 is 2.38 bits per heavy atom. The SMILES string of the molecule is CCCCC(Sc1cnccn1)C(=O)OC. The smallest absolute Gasteiger partial charge is 0.319 e. The molecule has 0 spiro atoms. The average Bonchev–Trinajstić information content (AvgIpc) is 2.34. The molecule has 1 aromatic rings. The molecule has 0 amide bonds. The number of esters is 1. The lowest BCUT2D eigenvalue weighted by Crippen LogP contribution is -2.18. The maximum absolute atomic E-state index is 11.5. The molecule has 1 heterocycles. The van der Waals surface area contributed by atoms with Crippen LogP contribution in [0.2, 0.25) is 0 Å². The van der Waals surface area contributed by atoms with E-state index < -0.39 is 0 Å². The Balaban J connectivity index is 2.59. The fourth-order valence-corrected chi connectivity index (χ4v) is 2.25. The number of thioether (sulfide) groups is 1. The maximum atomic E-state index is 11.5. The highest BCUT2D eigenvalue weighted by Gasteiger charge is 2.20. The Labute approximate surface area is 99.8 Å². The third kappa shape index (κ3) is 4.18. The van der Waals surface area contributed by atoms with E-state index in [4.69, 9.17) is 4.74 Å². The van der Waals surface area contributed by atoms with Gasteiger partial charge in [0.05, 0.1) is 13.3 Å². The minimum atomic E-state index is -0.191. The Hall–Kier alpha value is -1.10. The summed E-state index contributed by atoms with van der Waals surface area (Å²) in [5.41, 5.74) is 0. The topological polar surface area (TPSA) is 52.1 Å². The van der Waals surface area contributed by atoms with E-state index in [-0.39, 0.29) is 11.2 Å². The van der Waals surface area contributed by atoms with Gasteiger partial charge in [0.1, 0.15) is 10.3 Å². The lowest BCUT2D eigenvalue weighted by molar-refractivity contribution is -0.140. The van der Waals surface area contributed by atoms with Crippen molar-refractivity contribution in [2.24, 2.45) is 0 Å². The summed E-state index contributed by atoms with van der Waals surface area (Å²) in [6.07, 6.45) is 7.78. The van der Waals surface area contributed by atoms with Crippen molar-refractivity contribution in [1.29, 1.82) is 0 Å². The summed E-state index contributed by atoms with van der Waals surface area (Å²) in [5.74, 6) is -0.191. The summed E-state index contributed by atoms with van der Waals surface area (Å²) in [6, 6.07) is 0. The van der Waals surface area contributed by atoms with Gasteiger partial charge in [0.2, 0.25) is 0 Å². The molecule has 1 unspecified atom stereocenters. The van der Waals surface area contributed by atoms with Crippen LogP contribution in [0.15, 0.2) is 23.6 Å². The lowest BCUT2D eigenvalue weighted by atomic mass is 10.2. The summed E-state index contributed by atoms with van der Waals surface area (Å²) in [7, 11) is 1.42. The summed E-state index contributed by atoms with van der Waals surface area (Å²) < 4.78 is 4.77. The van der Waals surface area contributed by atoms with Gasteiger partial charge >= 0.3 is 5.97 Å². The zero-order valence-corrected chi connectivity index (χ0v) is 10.4. The number of nitrogens with zero attached hydrogens (tertiary/aromatic N) is 2. The van der Waals surface area contributed by atoms with Crippen LogP contribution in [-0.2, 0) is 9.53 Å². The first-order valence-corrected chi connectivity index (χ1v) is 6.16. The Morgan fingerprint density at radius 1 is 1.56 bits per heavy atom. The molecule has 0 fully saturated rings. The van der Waals surface area contributed by atoms with Crippen molar-refractivity contribution in [2.45, 2.75) is 36.5 Å². The van der Waals surface area contributed by atoms with Crippen molar-refractivity contribution in [3.8, 4) is 0 Å². The van der Waals surface area contributed by atoms with Crippen LogP contribution in [0.25, 0.3) is 0 Å². The first-order valence-electron chi connectivity index (χ1n) is 5.28. The van der Waals surface area contributed by atoms with E-state index in [1.807, 2.05) is 0 Å². The Bertz CT molecular complexity index is 319. The molecule has 0 bridgehead atoms. The lowest BCUT2D eigenvalue weighted by Gasteiger charge is -2.12. The predicted molar refractivity (Wildman–Crippen MR) is 63.2 cm³/mol. The molecule has 1 atom stereocenters. The molecule has 0 aliphatic rings. The van der Waals surface area contributed by atoms with Gasteiger partial charge in [-0.3, -0.25) is 9.78 Å². The largest absolute Gasteiger partial charge is 0.468 e. The van der Waals surface area contributed by atoms with Gasteiger partial charge in [-0.15, -0.1) is 0 Å². The second-order valence-corrected chi connectivity index (χ2v) is 4.54. The van der Waals surface area contributed by atoms with E-state index in [0.29, 0.717) is 0 Å². The first kappa shape index (κ1) is 13.0. The molecule has 5 heteroatoms. The fourth-order valence-electron chi connectivity index (χ4n) is 1.24. The van der Waals surface area contributed by atoms with Gasteiger partial charge in [-0.1, -0.05) is 31.5 Å². The maximum Gasteiger partial charge on any atom is 0.319 e. The standard InChI is InChI=1S/C11H16N2O2S/c1-3-4-5-9(11(14)15-2)16-10-8-12-6-7-13-10/h6-9H,3-5H2,1-2H3. The minimum absolute atomic E-state index is 0.179. The molecule has 1 aromatic heterocycles. The van der Waals surface area contributed by atoms with Gasteiger partial charge in [-0.05, 0) is 6.42 Å². The molecule has 1 rings (SSSR count). The highest BCUT2D eigenvalue weighted by atomic mass is 32.2. The monoisotopic (exact) mass is 240 g/mol. The van der Waals surface area contributed by atoms with E-state index >= 15 is 0 Å². The summed E-state index contributed by atoms with van der Waals surface area (Å²) >= 11 is 1.41. The number of ether oxygens (including phenoxy) is 1. The molecule has 4 nitrogen and oxygen atoms in total. The van der Waals surface area contributed by atoms with E-state index in [2.05, 4.69) is 16.9 Å². The van der Waals surface area contributed by atoms with Gasteiger partial charge in [0.15, 0.2) is 0 Å². The number of hydrogen-bond donors (Lipinski definition) is 0. The molecule has 0 aromatic carbocycles. The van der Waals surface area contributed by atoms with Crippen molar-refractivity contribution in [3.63, 3.8) is 0 Å². The number of aromatic nitrogens is 2. The third-order valence-corrected chi connectivity index (χ3v) is 3.25. The zero-order chi connectivity index (χ0) is 11.8. The van der Waals surface area contributed by atoms with Crippen LogP contribution in [0.3, 0.4) is 0 Å². The molecule has 0 saturated heterocycles. The van der Waals surface area contributed by atoms with E-state index in [1.165, 1.54) is 18.9 Å². The van der Waals surface area contributed by atoms with Gasteiger partial charge < -0.3 is 4.74 Å². The van der Waals surface area contributed by atoms with Crippen LogP contribution in [0.4, 0.5) is 0 Å². The number of methoxy groups -OCH3 is 1. The quantitative estimate of drug-likeness (QED) is 0.564. The van der Waals surface area contributed by atoms with Crippen molar-refractivity contribution < 1.29 is 9.53 Å². The molecule has 0 aliphatic heterocycles. The molecular formula is C11H16N2O2S. The number of rotatable bonds is 6. The normalized spacial score (nSPS) is 12.1. The highest BCUT2D eigenvalue weighted by molar-refractivity contribution is 8.00. The molecule has 0 saturated carbocycles. The van der Waals surface area contributed by atoms with Crippen LogP contribution < -0.4 is 0 Å². The minimum Gasteiger partial charge on any atom is -0.468 e. The van der Waals surface area contributed by atoms with Gasteiger partial charge in [-0.25, -0.2) is 4.98 Å². The molecule has 0 aliphatic carbocycles.